The van der Waals surface area contributed by atoms with Gasteiger partial charge in [0.15, 0.2) is 0 Å². The van der Waals surface area contributed by atoms with E-state index in [1.54, 1.807) is 0 Å². The first-order chi connectivity index (χ1) is 10.1. The van der Waals surface area contributed by atoms with Gasteiger partial charge in [-0.15, -0.1) is 0 Å². The largest absolute Gasteiger partial charge is 0.352 e. The van der Waals surface area contributed by atoms with Crippen molar-refractivity contribution in [3.63, 3.8) is 0 Å². The second-order valence-corrected chi connectivity index (χ2v) is 5.32. The summed E-state index contributed by atoms with van der Waals surface area (Å²) in [6.07, 6.45) is 1.26. The molecule has 0 atom stereocenters. The maximum absolute atomic E-state index is 13.5. The van der Waals surface area contributed by atoms with Crippen LogP contribution in [0.1, 0.15) is 16.7 Å². The normalized spacial score (nSPS) is 14.0. The molecular weight excluding hydrogens is 272 g/mol. The maximum Gasteiger partial charge on any atom is 0.224 e. The molecule has 2 nitrogen and oxygen atoms in total. The minimum Gasteiger partial charge on any atom is -0.352 e. The Morgan fingerprint density at radius 1 is 1.00 bits per heavy atom. The summed E-state index contributed by atoms with van der Waals surface area (Å²) in [7, 11) is 0. The van der Waals surface area contributed by atoms with E-state index in [-0.39, 0.29) is 23.9 Å². The van der Waals surface area contributed by atoms with Crippen molar-refractivity contribution in [2.24, 2.45) is 0 Å². The number of hydrogen-bond donors (Lipinski definition) is 1. The Balaban J connectivity index is 1.64. The molecule has 0 bridgehead atoms. The first-order valence-corrected chi connectivity index (χ1v) is 6.92. The van der Waals surface area contributed by atoms with Gasteiger partial charge in [0.1, 0.15) is 11.6 Å². The number of fused-ring (bicyclic) bond motifs is 1. The Kier molecular flexibility index (Phi) is 3.69. The van der Waals surface area contributed by atoms with Crippen molar-refractivity contribution in [1.82, 2.24) is 5.32 Å². The number of carbonyl (C=O) groups is 1. The molecule has 0 aliphatic heterocycles. The zero-order valence-corrected chi connectivity index (χ0v) is 11.4. The molecule has 1 aliphatic carbocycles. The topological polar surface area (TPSA) is 29.1 Å². The minimum absolute atomic E-state index is 0.00438. The maximum atomic E-state index is 13.5. The third kappa shape index (κ3) is 2.94. The molecule has 0 unspecified atom stereocenters. The van der Waals surface area contributed by atoms with E-state index in [2.05, 4.69) is 5.32 Å². The summed E-state index contributed by atoms with van der Waals surface area (Å²) in [5, 5.41) is 2.86. The van der Waals surface area contributed by atoms with Crippen LogP contribution in [-0.4, -0.2) is 11.9 Å². The van der Waals surface area contributed by atoms with E-state index in [0.717, 1.165) is 25.0 Å². The summed E-state index contributed by atoms with van der Waals surface area (Å²) in [5.41, 5.74) is 2.27. The van der Waals surface area contributed by atoms with Gasteiger partial charge in [0, 0.05) is 11.6 Å². The Bertz CT molecular complexity index is 639. The number of halogens is 2. The van der Waals surface area contributed by atoms with E-state index in [4.69, 9.17) is 0 Å². The third-order valence-electron chi connectivity index (χ3n) is 3.82. The van der Waals surface area contributed by atoms with Crippen molar-refractivity contribution in [2.75, 3.05) is 0 Å². The number of rotatable bonds is 3. The second kappa shape index (κ2) is 5.64. The van der Waals surface area contributed by atoms with E-state index in [9.17, 15) is 13.6 Å². The number of carbonyl (C=O) groups excluding carboxylic acids is 1. The van der Waals surface area contributed by atoms with Gasteiger partial charge in [0.05, 0.1) is 6.42 Å². The fourth-order valence-corrected chi connectivity index (χ4v) is 2.80. The molecular formula is C17H15F2NO. The molecule has 2 aromatic carbocycles. The standard InChI is InChI=1S/C17H15F2NO/c18-15-6-3-7-16(19)14(15)10-17(21)20-13-8-11-4-1-2-5-12(11)9-13/h1-7,13H,8-10H2,(H,20,21). The molecule has 1 amide bonds. The average Bonchev–Trinajstić information content (AvgIpc) is 2.85. The lowest BCUT2D eigenvalue weighted by Crippen LogP contribution is -2.36. The highest BCUT2D eigenvalue weighted by Gasteiger charge is 2.23. The number of nitrogens with one attached hydrogen (secondary N) is 1. The first kappa shape index (κ1) is 13.7. The molecule has 1 aliphatic rings. The van der Waals surface area contributed by atoms with Gasteiger partial charge in [0.25, 0.3) is 0 Å². The van der Waals surface area contributed by atoms with Gasteiger partial charge in [-0.2, -0.15) is 0 Å². The second-order valence-electron chi connectivity index (χ2n) is 5.32. The summed E-state index contributed by atoms with van der Waals surface area (Å²) in [6.45, 7) is 0. The highest BCUT2D eigenvalue weighted by molar-refractivity contribution is 5.79. The quantitative estimate of drug-likeness (QED) is 0.924. The Hall–Kier alpha value is -2.23. The summed E-state index contributed by atoms with van der Waals surface area (Å²) < 4.78 is 27.0. The van der Waals surface area contributed by atoms with E-state index >= 15 is 0 Å². The molecule has 3 rings (SSSR count). The van der Waals surface area contributed by atoms with Gasteiger partial charge in [-0.3, -0.25) is 4.79 Å². The molecule has 1 N–H and O–H groups in total. The molecule has 0 radical (unpaired) electrons. The van der Waals surface area contributed by atoms with Crippen molar-refractivity contribution in [2.45, 2.75) is 25.3 Å². The van der Waals surface area contributed by atoms with Crippen LogP contribution < -0.4 is 5.32 Å². The Labute approximate surface area is 121 Å². The van der Waals surface area contributed by atoms with Crippen LogP contribution in [-0.2, 0) is 24.1 Å². The zero-order chi connectivity index (χ0) is 14.8. The summed E-state index contributed by atoms with van der Waals surface area (Å²) >= 11 is 0. The van der Waals surface area contributed by atoms with Gasteiger partial charge < -0.3 is 5.32 Å². The molecule has 108 valence electrons. The van der Waals surface area contributed by atoms with Gasteiger partial charge >= 0.3 is 0 Å². The first-order valence-electron chi connectivity index (χ1n) is 6.92. The van der Waals surface area contributed by atoms with Gasteiger partial charge in [-0.05, 0) is 36.1 Å². The smallest absolute Gasteiger partial charge is 0.224 e. The van der Waals surface area contributed by atoms with Crippen LogP contribution in [0.15, 0.2) is 42.5 Å². The molecule has 21 heavy (non-hydrogen) atoms. The Morgan fingerprint density at radius 3 is 2.14 bits per heavy atom. The fourth-order valence-electron chi connectivity index (χ4n) is 2.80. The minimum atomic E-state index is -0.681. The molecule has 4 heteroatoms. The monoisotopic (exact) mass is 287 g/mol. The summed E-state index contributed by atoms with van der Waals surface area (Å²) in [4.78, 5) is 12.0. The van der Waals surface area contributed by atoms with Crippen LogP contribution in [0, 0.1) is 11.6 Å². The van der Waals surface area contributed by atoms with E-state index in [0.29, 0.717) is 0 Å². The van der Waals surface area contributed by atoms with Crippen LogP contribution >= 0.6 is 0 Å². The van der Waals surface area contributed by atoms with Crippen LogP contribution in [0.25, 0.3) is 0 Å². The van der Waals surface area contributed by atoms with E-state index in [1.165, 1.54) is 17.2 Å². The molecule has 0 spiro atoms. The van der Waals surface area contributed by atoms with E-state index < -0.39 is 11.6 Å². The Morgan fingerprint density at radius 2 is 1.57 bits per heavy atom. The molecule has 0 fully saturated rings. The molecule has 0 saturated carbocycles. The lowest BCUT2D eigenvalue weighted by Gasteiger charge is -2.12. The molecule has 0 saturated heterocycles. The summed E-state index contributed by atoms with van der Waals surface area (Å²) in [6, 6.07) is 11.6. The molecule has 0 aromatic heterocycles. The van der Waals surface area contributed by atoms with Gasteiger partial charge in [-0.25, -0.2) is 8.78 Å². The zero-order valence-electron chi connectivity index (χ0n) is 11.4. The lowest BCUT2D eigenvalue weighted by molar-refractivity contribution is -0.121. The van der Waals surface area contributed by atoms with Crippen molar-refractivity contribution in [3.8, 4) is 0 Å². The lowest BCUT2D eigenvalue weighted by atomic mass is 10.1. The van der Waals surface area contributed by atoms with Gasteiger partial charge in [-0.1, -0.05) is 30.3 Å². The van der Waals surface area contributed by atoms with E-state index in [1.807, 2.05) is 24.3 Å². The van der Waals surface area contributed by atoms with Crippen molar-refractivity contribution in [3.05, 3.63) is 70.8 Å². The van der Waals surface area contributed by atoms with Crippen molar-refractivity contribution < 1.29 is 13.6 Å². The van der Waals surface area contributed by atoms with Crippen molar-refractivity contribution in [1.29, 1.82) is 0 Å². The number of amides is 1. The van der Waals surface area contributed by atoms with Crippen LogP contribution in [0.3, 0.4) is 0 Å². The van der Waals surface area contributed by atoms with Crippen molar-refractivity contribution >= 4 is 5.91 Å². The molecule has 2 aromatic rings. The predicted molar refractivity (Wildman–Crippen MR) is 75.8 cm³/mol. The summed E-state index contributed by atoms with van der Waals surface area (Å²) in [5.74, 6) is -1.71. The fraction of sp³-hybridized carbons (Fsp3) is 0.235. The number of benzene rings is 2. The average molecular weight is 287 g/mol. The van der Waals surface area contributed by atoms with Crippen LogP contribution in [0.5, 0.6) is 0 Å². The van der Waals surface area contributed by atoms with Crippen LogP contribution in [0.2, 0.25) is 0 Å². The highest BCUT2D eigenvalue weighted by Crippen LogP contribution is 2.22. The molecule has 0 heterocycles. The highest BCUT2D eigenvalue weighted by atomic mass is 19.1. The third-order valence-corrected chi connectivity index (χ3v) is 3.82. The van der Waals surface area contributed by atoms with Gasteiger partial charge in [0.2, 0.25) is 5.91 Å². The predicted octanol–water partition coefficient (Wildman–Crippen LogP) is 2.79. The van der Waals surface area contributed by atoms with Crippen LogP contribution in [0.4, 0.5) is 8.78 Å². The SMILES string of the molecule is O=C(Cc1c(F)cccc1F)NC1Cc2ccccc2C1. The number of hydrogen-bond acceptors (Lipinski definition) is 1.